The van der Waals surface area contributed by atoms with Crippen molar-refractivity contribution in [2.45, 2.75) is 49.5 Å². The molecule has 2 unspecified atom stereocenters. The highest BCUT2D eigenvalue weighted by Crippen LogP contribution is 2.36. The van der Waals surface area contributed by atoms with Crippen LogP contribution < -0.4 is 4.72 Å². The molecule has 0 spiro atoms. The zero-order valence-corrected chi connectivity index (χ0v) is 15.2. The van der Waals surface area contributed by atoms with Gasteiger partial charge < -0.3 is 4.90 Å². The Morgan fingerprint density at radius 1 is 1.17 bits per heavy atom. The lowest BCUT2D eigenvalue weighted by atomic mass is 9.92. The molecule has 2 fully saturated rings. The number of hydrogen-bond donors (Lipinski definition) is 1. The van der Waals surface area contributed by atoms with Crippen LogP contribution in [0.2, 0.25) is 5.02 Å². The number of nitrogens with zero attached hydrogens (tertiary/aromatic N) is 1. The van der Waals surface area contributed by atoms with E-state index in [2.05, 4.69) is 4.72 Å². The van der Waals surface area contributed by atoms with Crippen molar-refractivity contribution in [2.24, 2.45) is 5.92 Å². The Bertz CT molecular complexity index is 690. The van der Waals surface area contributed by atoms with Gasteiger partial charge in [-0.15, -0.1) is 0 Å². The van der Waals surface area contributed by atoms with Crippen LogP contribution in [0.1, 0.15) is 38.5 Å². The third kappa shape index (κ3) is 3.92. The molecule has 7 heteroatoms. The van der Waals surface area contributed by atoms with Crippen molar-refractivity contribution in [3.63, 3.8) is 0 Å². The second-order valence-corrected chi connectivity index (χ2v) is 8.79. The predicted octanol–water partition coefficient (Wildman–Crippen LogP) is 2.80. The van der Waals surface area contributed by atoms with Gasteiger partial charge in [-0.05, 0) is 55.9 Å². The molecule has 1 aliphatic heterocycles. The molecule has 0 aromatic heterocycles. The lowest BCUT2D eigenvalue weighted by molar-refractivity contribution is -0.135. The molecule has 5 nitrogen and oxygen atoms in total. The summed E-state index contributed by atoms with van der Waals surface area (Å²) in [6.45, 7) is 0.932. The van der Waals surface area contributed by atoms with Crippen molar-refractivity contribution in [3.8, 4) is 0 Å². The molecule has 3 rings (SSSR count). The molecular weight excluding hydrogens is 348 g/mol. The first-order chi connectivity index (χ1) is 11.5. The highest BCUT2D eigenvalue weighted by molar-refractivity contribution is 7.89. The normalized spacial score (nSPS) is 24.0. The van der Waals surface area contributed by atoms with E-state index in [1.807, 2.05) is 4.90 Å². The van der Waals surface area contributed by atoms with Gasteiger partial charge in [-0.3, -0.25) is 4.79 Å². The van der Waals surface area contributed by atoms with E-state index in [9.17, 15) is 13.2 Å². The molecule has 1 heterocycles. The van der Waals surface area contributed by atoms with Crippen LogP contribution in [0.25, 0.3) is 0 Å². The van der Waals surface area contributed by atoms with Crippen LogP contribution in [0, 0.1) is 5.92 Å². The van der Waals surface area contributed by atoms with Crippen LogP contribution in [0.5, 0.6) is 0 Å². The third-order valence-corrected chi connectivity index (χ3v) is 6.80. The smallest absolute Gasteiger partial charge is 0.240 e. The Morgan fingerprint density at radius 3 is 2.62 bits per heavy atom. The summed E-state index contributed by atoms with van der Waals surface area (Å²) in [5, 5.41) is 0.486. The summed E-state index contributed by atoms with van der Waals surface area (Å²) >= 11 is 5.77. The Hall–Kier alpha value is -1.11. The molecular formula is C17H23ClN2O3S. The monoisotopic (exact) mass is 370 g/mol. The molecule has 1 N–H and O–H groups in total. The van der Waals surface area contributed by atoms with Crippen molar-refractivity contribution in [1.29, 1.82) is 0 Å². The van der Waals surface area contributed by atoms with Crippen LogP contribution in [-0.2, 0) is 14.8 Å². The lowest BCUT2D eigenvalue weighted by Crippen LogP contribution is -2.47. The van der Waals surface area contributed by atoms with Gasteiger partial charge in [0.15, 0.2) is 0 Å². The fourth-order valence-corrected chi connectivity index (χ4v) is 5.05. The molecule has 0 bridgehead atoms. The number of carbonyl (C=O) groups excluding carboxylic acids is 1. The van der Waals surface area contributed by atoms with E-state index in [1.54, 1.807) is 0 Å². The number of rotatable bonds is 5. The van der Waals surface area contributed by atoms with Crippen LogP contribution in [0.15, 0.2) is 29.2 Å². The fraction of sp³-hybridized carbons (Fsp3) is 0.588. The second kappa shape index (κ2) is 7.42. The average Bonchev–Trinajstić information content (AvgIpc) is 3.03. The molecule has 1 aliphatic carbocycles. The topological polar surface area (TPSA) is 66.5 Å². The minimum Gasteiger partial charge on any atom is -0.339 e. The van der Waals surface area contributed by atoms with Gasteiger partial charge in [0.1, 0.15) is 0 Å². The van der Waals surface area contributed by atoms with Crippen molar-refractivity contribution >= 4 is 27.5 Å². The van der Waals surface area contributed by atoms with E-state index < -0.39 is 10.0 Å². The number of halogens is 1. The fourth-order valence-electron chi connectivity index (χ4n) is 3.90. The zero-order chi connectivity index (χ0) is 17.2. The van der Waals surface area contributed by atoms with Crippen molar-refractivity contribution in [2.75, 3.05) is 13.1 Å². The number of nitrogens with one attached hydrogen (secondary N) is 1. The van der Waals surface area contributed by atoms with Crippen LogP contribution >= 0.6 is 11.6 Å². The molecule has 24 heavy (non-hydrogen) atoms. The van der Waals surface area contributed by atoms with Gasteiger partial charge in [-0.1, -0.05) is 18.0 Å². The molecule has 2 aliphatic rings. The quantitative estimate of drug-likeness (QED) is 0.866. The number of hydrogen-bond acceptors (Lipinski definition) is 3. The summed E-state index contributed by atoms with van der Waals surface area (Å²) in [5.41, 5.74) is 0. The first kappa shape index (κ1) is 17.7. The summed E-state index contributed by atoms with van der Waals surface area (Å²) in [5.74, 6) is 0.707. The van der Waals surface area contributed by atoms with Crippen LogP contribution in [0.3, 0.4) is 0 Å². The number of carbonyl (C=O) groups is 1. The molecule has 132 valence electrons. The van der Waals surface area contributed by atoms with Crippen molar-refractivity contribution < 1.29 is 13.2 Å². The minimum atomic E-state index is -3.60. The highest BCUT2D eigenvalue weighted by Gasteiger charge is 2.36. The summed E-state index contributed by atoms with van der Waals surface area (Å²) < 4.78 is 26.9. The maximum atomic E-state index is 12.5. The van der Waals surface area contributed by atoms with Crippen molar-refractivity contribution in [1.82, 2.24) is 9.62 Å². The molecule has 0 radical (unpaired) electrons. The SMILES string of the molecule is O=C(CCNS(=O)(=O)c1ccc(Cl)cc1)N1CCCC2CCCC21. The standard InChI is InChI=1S/C17H23ClN2O3S/c18-14-6-8-15(9-7-14)24(22,23)19-11-10-17(21)20-12-2-4-13-3-1-5-16(13)20/h6-9,13,16,19H,1-5,10-12H2. The van der Waals surface area contributed by atoms with E-state index in [1.165, 1.54) is 43.5 Å². The second-order valence-electron chi connectivity index (χ2n) is 6.59. The number of piperidine rings is 1. The molecule has 1 aromatic rings. The molecule has 1 saturated heterocycles. The first-order valence-electron chi connectivity index (χ1n) is 8.52. The highest BCUT2D eigenvalue weighted by atomic mass is 35.5. The summed E-state index contributed by atoms with van der Waals surface area (Å²) in [4.78, 5) is 14.6. The number of likely N-dealkylation sites (tertiary alicyclic amines) is 1. The third-order valence-electron chi connectivity index (χ3n) is 5.07. The summed E-state index contributed by atoms with van der Waals surface area (Å²) in [6.07, 6.45) is 5.99. The Balaban J connectivity index is 1.54. The average molecular weight is 371 g/mol. The maximum absolute atomic E-state index is 12.5. The number of sulfonamides is 1. The van der Waals surface area contributed by atoms with E-state index in [4.69, 9.17) is 11.6 Å². The maximum Gasteiger partial charge on any atom is 0.240 e. The van der Waals surface area contributed by atoms with Gasteiger partial charge in [0.2, 0.25) is 15.9 Å². The van der Waals surface area contributed by atoms with Gasteiger partial charge in [0.05, 0.1) is 4.90 Å². The Kier molecular flexibility index (Phi) is 5.47. The van der Waals surface area contributed by atoms with Crippen LogP contribution in [-0.4, -0.2) is 38.4 Å². The van der Waals surface area contributed by atoms with E-state index >= 15 is 0 Å². The Labute approximate surface area is 148 Å². The van der Waals surface area contributed by atoms with E-state index in [0.29, 0.717) is 17.0 Å². The van der Waals surface area contributed by atoms with Gasteiger partial charge in [-0.2, -0.15) is 0 Å². The van der Waals surface area contributed by atoms with Crippen molar-refractivity contribution in [3.05, 3.63) is 29.3 Å². The minimum absolute atomic E-state index is 0.0606. The molecule has 1 saturated carbocycles. The lowest BCUT2D eigenvalue weighted by Gasteiger charge is -2.38. The Morgan fingerprint density at radius 2 is 1.88 bits per heavy atom. The number of amides is 1. The summed E-state index contributed by atoms with van der Waals surface area (Å²) in [7, 11) is -3.60. The van der Waals surface area contributed by atoms with Gasteiger partial charge in [-0.25, -0.2) is 13.1 Å². The predicted molar refractivity (Wildman–Crippen MR) is 93.3 cm³/mol. The largest absolute Gasteiger partial charge is 0.339 e. The first-order valence-corrected chi connectivity index (χ1v) is 10.4. The van der Waals surface area contributed by atoms with Gasteiger partial charge in [0.25, 0.3) is 0 Å². The number of fused-ring (bicyclic) bond motifs is 1. The molecule has 1 aromatic carbocycles. The number of benzene rings is 1. The van der Waals surface area contributed by atoms with E-state index in [0.717, 1.165) is 19.4 Å². The van der Waals surface area contributed by atoms with E-state index in [-0.39, 0.29) is 23.8 Å². The molecule has 1 amide bonds. The zero-order valence-electron chi connectivity index (χ0n) is 13.6. The van der Waals surface area contributed by atoms with Gasteiger partial charge >= 0.3 is 0 Å². The van der Waals surface area contributed by atoms with Crippen LogP contribution in [0.4, 0.5) is 0 Å². The molecule has 2 atom stereocenters. The summed E-state index contributed by atoms with van der Waals surface area (Å²) in [6, 6.07) is 6.37. The van der Waals surface area contributed by atoms with Gasteiger partial charge in [0, 0.05) is 30.6 Å².